The summed E-state index contributed by atoms with van der Waals surface area (Å²) in [5, 5.41) is 7.55. The quantitative estimate of drug-likeness (QED) is 0.773. The lowest BCUT2D eigenvalue weighted by molar-refractivity contribution is 0.194. The van der Waals surface area contributed by atoms with Crippen LogP contribution in [0.4, 0.5) is 0 Å². The summed E-state index contributed by atoms with van der Waals surface area (Å²) in [6, 6.07) is 0.381. The predicted molar refractivity (Wildman–Crippen MR) is 65.9 cm³/mol. The second-order valence-electron chi connectivity index (χ2n) is 4.21. The Morgan fingerprint density at radius 3 is 2.69 bits per heavy atom. The number of nitrogens with zero attached hydrogens (tertiary/aromatic N) is 2. The fraction of sp³-hybridized carbons (Fsp3) is 0.750. The molecule has 1 rings (SSSR count). The molecule has 0 radical (unpaired) electrons. The van der Waals surface area contributed by atoms with Crippen LogP contribution in [0, 0.1) is 0 Å². The van der Waals surface area contributed by atoms with Gasteiger partial charge in [0.15, 0.2) is 5.75 Å². The van der Waals surface area contributed by atoms with E-state index in [2.05, 4.69) is 38.1 Å². The highest BCUT2D eigenvalue weighted by Crippen LogP contribution is 2.14. The van der Waals surface area contributed by atoms with E-state index in [1.54, 1.807) is 6.20 Å². The average molecular weight is 225 g/mol. The van der Waals surface area contributed by atoms with Crippen molar-refractivity contribution in [3.05, 3.63) is 12.4 Å². The number of hydrogen-bond donors (Lipinski definition) is 1. The molecule has 0 bridgehead atoms. The first-order valence-corrected chi connectivity index (χ1v) is 6.08. The molecule has 0 fully saturated rings. The molecule has 4 nitrogen and oxygen atoms in total. The number of likely N-dealkylation sites (N-methyl/N-ethyl adjacent to an activating group) is 1. The van der Waals surface area contributed by atoms with Crippen LogP contribution in [-0.2, 0) is 0 Å². The lowest BCUT2D eigenvalue weighted by Crippen LogP contribution is -2.30. The van der Waals surface area contributed by atoms with E-state index >= 15 is 0 Å². The van der Waals surface area contributed by atoms with Gasteiger partial charge in [0.1, 0.15) is 6.10 Å². The maximum atomic E-state index is 5.85. The molecule has 0 aliphatic carbocycles. The maximum Gasteiger partial charge on any atom is 0.157 e. The van der Waals surface area contributed by atoms with Crippen LogP contribution in [0.1, 0.15) is 40.2 Å². The first-order chi connectivity index (χ1) is 7.67. The summed E-state index contributed by atoms with van der Waals surface area (Å²) >= 11 is 0. The van der Waals surface area contributed by atoms with Gasteiger partial charge in [-0.1, -0.05) is 13.8 Å². The third-order valence-electron chi connectivity index (χ3n) is 2.49. The smallest absolute Gasteiger partial charge is 0.157 e. The topological polar surface area (TPSA) is 39.1 Å². The number of nitrogens with one attached hydrogen (secondary N) is 1. The monoisotopic (exact) mass is 225 g/mol. The number of hydrogen-bond acceptors (Lipinski definition) is 3. The fourth-order valence-electron chi connectivity index (χ4n) is 1.43. The van der Waals surface area contributed by atoms with Crippen molar-refractivity contribution in [3.8, 4) is 5.75 Å². The predicted octanol–water partition coefficient (Wildman–Crippen LogP) is 2.23. The van der Waals surface area contributed by atoms with Gasteiger partial charge in [0.25, 0.3) is 0 Å². The van der Waals surface area contributed by atoms with Gasteiger partial charge >= 0.3 is 0 Å². The van der Waals surface area contributed by atoms with Crippen LogP contribution in [-0.4, -0.2) is 29.0 Å². The standard InChI is InChI=1S/C12H23N3O/c1-5-11(7-13-6-2)16-12-8-14-15(9-12)10(3)4/h8-11,13H,5-7H2,1-4H3. The summed E-state index contributed by atoms with van der Waals surface area (Å²) in [6.07, 6.45) is 4.97. The van der Waals surface area contributed by atoms with Crippen LogP contribution in [0.5, 0.6) is 5.75 Å². The Balaban J connectivity index is 2.49. The van der Waals surface area contributed by atoms with Crippen LogP contribution < -0.4 is 10.1 Å². The molecule has 1 aromatic rings. The van der Waals surface area contributed by atoms with Crippen molar-refractivity contribution < 1.29 is 4.74 Å². The first kappa shape index (κ1) is 13.0. The van der Waals surface area contributed by atoms with E-state index in [4.69, 9.17) is 4.74 Å². The van der Waals surface area contributed by atoms with E-state index in [1.807, 2.05) is 10.9 Å². The van der Waals surface area contributed by atoms with Gasteiger partial charge in [0, 0.05) is 12.6 Å². The minimum atomic E-state index is 0.227. The Hall–Kier alpha value is -1.03. The minimum Gasteiger partial charge on any atom is -0.486 e. The molecular weight excluding hydrogens is 202 g/mol. The van der Waals surface area contributed by atoms with Crippen molar-refractivity contribution in [3.63, 3.8) is 0 Å². The van der Waals surface area contributed by atoms with E-state index in [0.29, 0.717) is 6.04 Å². The normalized spacial score (nSPS) is 13.1. The molecule has 0 amide bonds. The van der Waals surface area contributed by atoms with Gasteiger partial charge in [0.2, 0.25) is 0 Å². The molecule has 0 aliphatic rings. The highest BCUT2D eigenvalue weighted by Gasteiger charge is 2.09. The molecule has 92 valence electrons. The van der Waals surface area contributed by atoms with Gasteiger partial charge in [-0.2, -0.15) is 5.10 Å². The zero-order valence-electron chi connectivity index (χ0n) is 10.7. The third kappa shape index (κ3) is 3.85. The molecule has 0 aliphatic heterocycles. The minimum absolute atomic E-state index is 0.227. The van der Waals surface area contributed by atoms with Gasteiger partial charge in [-0.3, -0.25) is 4.68 Å². The van der Waals surface area contributed by atoms with Gasteiger partial charge in [-0.25, -0.2) is 0 Å². The van der Waals surface area contributed by atoms with Gasteiger partial charge in [-0.05, 0) is 26.8 Å². The zero-order chi connectivity index (χ0) is 12.0. The van der Waals surface area contributed by atoms with Crippen molar-refractivity contribution in [2.75, 3.05) is 13.1 Å². The summed E-state index contributed by atoms with van der Waals surface area (Å²) in [4.78, 5) is 0. The van der Waals surface area contributed by atoms with Gasteiger partial charge in [0.05, 0.1) is 12.4 Å². The summed E-state index contributed by atoms with van der Waals surface area (Å²) in [5.41, 5.74) is 0. The molecule has 0 saturated heterocycles. The second kappa shape index (κ2) is 6.53. The summed E-state index contributed by atoms with van der Waals surface area (Å²) in [5.74, 6) is 0.860. The lowest BCUT2D eigenvalue weighted by Gasteiger charge is -2.16. The molecule has 1 N–H and O–H groups in total. The van der Waals surface area contributed by atoms with Crippen LogP contribution in [0.3, 0.4) is 0 Å². The molecule has 1 unspecified atom stereocenters. The Kier molecular flexibility index (Phi) is 5.32. The molecule has 1 aromatic heterocycles. The third-order valence-corrected chi connectivity index (χ3v) is 2.49. The Morgan fingerprint density at radius 1 is 1.44 bits per heavy atom. The Bertz CT molecular complexity index is 296. The van der Waals surface area contributed by atoms with E-state index in [1.165, 1.54) is 0 Å². The lowest BCUT2D eigenvalue weighted by atomic mass is 10.3. The molecule has 1 atom stereocenters. The van der Waals surface area contributed by atoms with Crippen LogP contribution in [0.15, 0.2) is 12.4 Å². The summed E-state index contributed by atoms with van der Waals surface area (Å²) in [6.45, 7) is 10.3. The fourth-order valence-corrected chi connectivity index (χ4v) is 1.43. The van der Waals surface area contributed by atoms with E-state index in [0.717, 1.165) is 25.3 Å². The van der Waals surface area contributed by atoms with Gasteiger partial charge in [-0.15, -0.1) is 0 Å². The van der Waals surface area contributed by atoms with Crippen molar-refractivity contribution in [1.82, 2.24) is 15.1 Å². The number of aromatic nitrogens is 2. The number of ether oxygens (including phenoxy) is 1. The largest absolute Gasteiger partial charge is 0.486 e. The summed E-state index contributed by atoms with van der Waals surface area (Å²) in [7, 11) is 0. The Labute approximate surface area is 98.0 Å². The highest BCUT2D eigenvalue weighted by atomic mass is 16.5. The Morgan fingerprint density at radius 2 is 2.19 bits per heavy atom. The maximum absolute atomic E-state index is 5.85. The average Bonchev–Trinajstić information content (AvgIpc) is 2.72. The first-order valence-electron chi connectivity index (χ1n) is 6.08. The zero-order valence-corrected chi connectivity index (χ0v) is 10.7. The van der Waals surface area contributed by atoms with Crippen molar-refractivity contribution in [2.45, 2.75) is 46.3 Å². The molecular formula is C12H23N3O. The van der Waals surface area contributed by atoms with Gasteiger partial charge < -0.3 is 10.1 Å². The molecule has 1 heterocycles. The number of rotatable bonds is 7. The summed E-state index contributed by atoms with van der Waals surface area (Å²) < 4.78 is 7.76. The molecule has 0 aromatic carbocycles. The van der Waals surface area contributed by atoms with Crippen LogP contribution >= 0.6 is 0 Å². The SMILES string of the molecule is CCNCC(CC)Oc1cnn(C(C)C)c1. The van der Waals surface area contributed by atoms with Crippen molar-refractivity contribution in [2.24, 2.45) is 0 Å². The molecule has 16 heavy (non-hydrogen) atoms. The highest BCUT2D eigenvalue weighted by molar-refractivity contribution is 5.12. The molecule has 0 spiro atoms. The molecule has 4 heteroatoms. The van der Waals surface area contributed by atoms with E-state index < -0.39 is 0 Å². The van der Waals surface area contributed by atoms with Crippen LogP contribution in [0.25, 0.3) is 0 Å². The van der Waals surface area contributed by atoms with E-state index in [-0.39, 0.29) is 6.10 Å². The van der Waals surface area contributed by atoms with Crippen LogP contribution in [0.2, 0.25) is 0 Å². The van der Waals surface area contributed by atoms with Crippen molar-refractivity contribution in [1.29, 1.82) is 0 Å². The molecule has 0 saturated carbocycles. The van der Waals surface area contributed by atoms with Crippen molar-refractivity contribution >= 4 is 0 Å². The van der Waals surface area contributed by atoms with E-state index in [9.17, 15) is 0 Å². The second-order valence-corrected chi connectivity index (χ2v) is 4.21.